The molecule has 6 rings (SSSR count). The predicted molar refractivity (Wildman–Crippen MR) is 126 cm³/mol. The Balaban J connectivity index is 1.35. The normalized spacial score (nSPS) is 27.4. The number of rotatable bonds is 5. The molecule has 4 fully saturated rings. The van der Waals surface area contributed by atoms with Crippen LogP contribution in [0.2, 0.25) is 0 Å². The molecule has 6 nitrogen and oxygen atoms in total. The van der Waals surface area contributed by atoms with Crippen LogP contribution in [0.25, 0.3) is 0 Å². The smallest absolute Gasteiger partial charge is 0.414 e. The average Bonchev–Trinajstić information content (AvgIpc) is 3.48. The lowest BCUT2D eigenvalue weighted by Crippen LogP contribution is -2.51. The fourth-order valence-corrected chi connectivity index (χ4v) is 5.72. The molecule has 1 amide bonds. The summed E-state index contributed by atoms with van der Waals surface area (Å²) in [6, 6.07) is 7.92. The molecule has 0 spiro atoms. The number of nitrogens with zero attached hydrogens (tertiary/aromatic N) is 3. The van der Waals surface area contributed by atoms with E-state index in [9.17, 15) is 4.79 Å². The summed E-state index contributed by atoms with van der Waals surface area (Å²) in [7, 11) is 0. The quantitative estimate of drug-likeness (QED) is 0.453. The molecule has 4 aliphatic carbocycles. The molecule has 0 saturated heterocycles. The molecule has 0 radical (unpaired) electrons. The lowest BCUT2D eigenvalue weighted by molar-refractivity contribution is 0.0219. The van der Waals surface area contributed by atoms with Gasteiger partial charge >= 0.3 is 6.09 Å². The summed E-state index contributed by atoms with van der Waals surface area (Å²) < 4.78 is 12.5. The standard InChI is InChI=1S/C25H32BrN3O3/c1-23(2,3)31-22(30)29(19-6-4-5-18(26)15-19)16-24-9-12-25(13-10-24,14-11-24)21-27-20(28-32-21)17-7-8-17/h4-6,15,17H,7-14,16H2,1-3H3. The van der Waals surface area contributed by atoms with E-state index in [1.807, 2.05) is 49.9 Å². The number of carbonyl (C=O) groups is 1. The third kappa shape index (κ3) is 4.33. The van der Waals surface area contributed by atoms with E-state index in [0.717, 1.165) is 60.4 Å². The van der Waals surface area contributed by atoms with E-state index in [0.29, 0.717) is 12.5 Å². The summed E-state index contributed by atoms with van der Waals surface area (Å²) in [4.78, 5) is 19.9. The molecule has 1 heterocycles. The van der Waals surface area contributed by atoms with E-state index in [2.05, 4.69) is 21.1 Å². The Bertz CT molecular complexity index is 983. The van der Waals surface area contributed by atoms with Crippen LogP contribution in [0.3, 0.4) is 0 Å². The first-order valence-electron chi connectivity index (χ1n) is 11.8. The highest BCUT2D eigenvalue weighted by molar-refractivity contribution is 9.10. The SMILES string of the molecule is CC(C)(C)OC(=O)N(CC12CCC(c3nc(C4CC4)no3)(CC1)CC2)c1cccc(Br)c1. The van der Waals surface area contributed by atoms with E-state index in [1.165, 1.54) is 12.8 Å². The highest BCUT2D eigenvalue weighted by atomic mass is 79.9. The van der Waals surface area contributed by atoms with Crippen LogP contribution in [-0.4, -0.2) is 28.4 Å². The van der Waals surface area contributed by atoms with Crippen LogP contribution in [0.5, 0.6) is 0 Å². The van der Waals surface area contributed by atoms with Crippen molar-refractivity contribution < 1.29 is 14.1 Å². The van der Waals surface area contributed by atoms with Gasteiger partial charge in [-0.25, -0.2) is 4.79 Å². The minimum absolute atomic E-state index is 0.0222. The zero-order chi connectivity index (χ0) is 22.6. The van der Waals surface area contributed by atoms with Crippen molar-refractivity contribution in [2.75, 3.05) is 11.4 Å². The second-order valence-corrected chi connectivity index (χ2v) is 12.0. The summed E-state index contributed by atoms with van der Waals surface area (Å²) in [5.41, 5.74) is 0.454. The van der Waals surface area contributed by atoms with E-state index in [1.54, 1.807) is 0 Å². The molecule has 0 aliphatic heterocycles. The Morgan fingerprint density at radius 3 is 2.47 bits per heavy atom. The van der Waals surface area contributed by atoms with Crippen molar-refractivity contribution in [1.29, 1.82) is 0 Å². The number of amides is 1. The van der Waals surface area contributed by atoms with Gasteiger partial charge in [-0.3, -0.25) is 4.90 Å². The summed E-state index contributed by atoms with van der Waals surface area (Å²) in [5, 5.41) is 4.27. The van der Waals surface area contributed by atoms with Crippen molar-refractivity contribution in [1.82, 2.24) is 10.1 Å². The van der Waals surface area contributed by atoms with E-state index in [-0.39, 0.29) is 16.9 Å². The fourth-order valence-electron chi connectivity index (χ4n) is 5.34. The van der Waals surface area contributed by atoms with Gasteiger partial charge < -0.3 is 9.26 Å². The molecule has 0 unspecified atom stereocenters. The van der Waals surface area contributed by atoms with Gasteiger partial charge in [0.2, 0.25) is 5.89 Å². The molecular weight excluding hydrogens is 470 g/mol. The molecule has 32 heavy (non-hydrogen) atoms. The number of ether oxygens (including phenoxy) is 1. The summed E-state index contributed by atoms with van der Waals surface area (Å²) in [5.74, 6) is 2.27. The number of aromatic nitrogens is 2. The Morgan fingerprint density at radius 2 is 1.88 bits per heavy atom. The fraction of sp³-hybridized carbons (Fsp3) is 0.640. The van der Waals surface area contributed by atoms with Gasteiger partial charge in [0.05, 0.1) is 0 Å². The molecule has 0 atom stereocenters. The van der Waals surface area contributed by atoms with E-state index < -0.39 is 5.60 Å². The van der Waals surface area contributed by atoms with Crippen molar-refractivity contribution in [3.05, 3.63) is 40.5 Å². The van der Waals surface area contributed by atoms with Gasteiger partial charge in [0.25, 0.3) is 0 Å². The van der Waals surface area contributed by atoms with Crippen LogP contribution in [0.15, 0.2) is 33.3 Å². The number of anilines is 1. The van der Waals surface area contributed by atoms with Crippen LogP contribution in [0.1, 0.15) is 89.8 Å². The van der Waals surface area contributed by atoms with Gasteiger partial charge in [0.1, 0.15) is 5.60 Å². The van der Waals surface area contributed by atoms with E-state index in [4.69, 9.17) is 14.2 Å². The monoisotopic (exact) mass is 501 g/mol. The lowest BCUT2D eigenvalue weighted by atomic mass is 9.53. The highest BCUT2D eigenvalue weighted by Crippen LogP contribution is 2.58. The topological polar surface area (TPSA) is 68.5 Å². The van der Waals surface area contributed by atoms with Gasteiger partial charge in [0, 0.05) is 28.0 Å². The number of hydrogen-bond donors (Lipinski definition) is 0. The zero-order valence-electron chi connectivity index (χ0n) is 19.2. The minimum atomic E-state index is -0.537. The molecule has 1 aromatic carbocycles. The highest BCUT2D eigenvalue weighted by Gasteiger charge is 2.53. The first-order valence-corrected chi connectivity index (χ1v) is 12.6. The molecule has 0 N–H and O–H groups in total. The van der Waals surface area contributed by atoms with E-state index >= 15 is 0 Å². The third-order valence-electron chi connectivity index (χ3n) is 7.47. The lowest BCUT2D eigenvalue weighted by Gasteiger charge is -2.53. The largest absolute Gasteiger partial charge is 0.443 e. The molecule has 4 saturated carbocycles. The summed E-state index contributed by atoms with van der Waals surface area (Å²) in [6.07, 6.45) is 8.39. The Labute approximate surface area is 198 Å². The Morgan fingerprint density at radius 1 is 1.19 bits per heavy atom. The molecule has 2 bridgehead atoms. The molecule has 1 aromatic heterocycles. The van der Waals surface area contributed by atoms with Gasteiger partial charge in [-0.2, -0.15) is 4.98 Å². The van der Waals surface area contributed by atoms with Crippen molar-refractivity contribution in [2.45, 2.75) is 89.1 Å². The molecule has 4 aliphatic rings. The summed E-state index contributed by atoms with van der Waals surface area (Å²) >= 11 is 3.55. The zero-order valence-corrected chi connectivity index (χ0v) is 20.8. The molecule has 172 valence electrons. The van der Waals surface area contributed by atoms with Crippen LogP contribution in [-0.2, 0) is 10.2 Å². The van der Waals surface area contributed by atoms with Crippen molar-refractivity contribution in [2.24, 2.45) is 5.41 Å². The molecular formula is C25H32BrN3O3. The van der Waals surface area contributed by atoms with Crippen molar-refractivity contribution >= 4 is 27.7 Å². The maximum Gasteiger partial charge on any atom is 0.414 e. The van der Waals surface area contributed by atoms with Gasteiger partial charge in [0.15, 0.2) is 5.82 Å². The Kier molecular flexibility index (Phi) is 5.38. The number of carbonyl (C=O) groups excluding carboxylic acids is 1. The van der Waals surface area contributed by atoms with Crippen molar-refractivity contribution in [3.8, 4) is 0 Å². The average molecular weight is 502 g/mol. The van der Waals surface area contributed by atoms with Crippen LogP contribution < -0.4 is 4.90 Å². The number of hydrogen-bond acceptors (Lipinski definition) is 5. The third-order valence-corrected chi connectivity index (χ3v) is 7.96. The molecule has 7 heteroatoms. The second-order valence-electron chi connectivity index (χ2n) is 11.1. The van der Waals surface area contributed by atoms with Crippen LogP contribution in [0, 0.1) is 5.41 Å². The minimum Gasteiger partial charge on any atom is -0.443 e. The maximum absolute atomic E-state index is 13.2. The summed E-state index contributed by atoms with van der Waals surface area (Å²) in [6.45, 7) is 6.42. The predicted octanol–water partition coefficient (Wildman–Crippen LogP) is 6.74. The first-order chi connectivity index (χ1) is 15.2. The van der Waals surface area contributed by atoms with Gasteiger partial charge in [-0.15, -0.1) is 0 Å². The maximum atomic E-state index is 13.2. The Hall–Kier alpha value is -1.89. The van der Waals surface area contributed by atoms with Crippen LogP contribution >= 0.6 is 15.9 Å². The number of fused-ring (bicyclic) bond motifs is 3. The number of benzene rings is 1. The van der Waals surface area contributed by atoms with Crippen molar-refractivity contribution in [3.63, 3.8) is 0 Å². The second kappa shape index (κ2) is 7.86. The van der Waals surface area contributed by atoms with Crippen LogP contribution in [0.4, 0.5) is 10.5 Å². The van der Waals surface area contributed by atoms with Gasteiger partial charge in [-0.1, -0.05) is 27.2 Å². The molecule has 2 aromatic rings. The van der Waals surface area contributed by atoms with Gasteiger partial charge in [-0.05, 0) is 95.8 Å². The number of halogens is 1. The first kappa shape index (κ1) is 21.9.